The van der Waals surface area contributed by atoms with Crippen molar-refractivity contribution in [2.45, 2.75) is 407 Å². The monoisotopic (exact) mass is 1090 g/mol. The Morgan fingerprint density at radius 2 is 0.430 bits per heavy atom. The van der Waals surface area contributed by atoms with E-state index in [9.17, 15) is 0 Å². The molecule has 0 aliphatic heterocycles. The van der Waals surface area contributed by atoms with Crippen LogP contribution in [0.3, 0.4) is 0 Å². The van der Waals surface area contributed by atoms with Crippen molar-refractivity contribution in [2.24, 2.45) is 9.98 Å². The van der Waals surface area contributed by atoms with Crippen LogP contribution in [0.15, 0.2) is 58.5 Å². The van der Waals surface area contributed by atoms with Crippen LogP contribution in [0.1, 0.15) is 405 Å². The fourth-order valence-electron chi connectivity index (χ4n) is 12.2. The Hall–Kier alpha value is -2.22. The fraction of sp³-hybridized carbons (Fsp3) is 0.818. The zero-order valence-corrected chi connectivity index (χ0v) is 54.2. The second-order valence-electron chi connectivity index (χ2n) is 25.5. The molecule has 79 heavy (non-hydrogen) atoms. The van der Waals surface area contributed by atoms with E-state index >= 15 is 0 Å². The van der Waals surface area contributed by atoms with Crippen LogP contribution in [0.5, 0.6) is 0 Å². The van der Waals surface area contributed by atoms with E-state index < -0.39 is 0 Å². The number of rotatable bonds is 62. The van der Waals surface area contributed by atoms with Crippen molar-refractivity contribution >= 4 is 22.8 Å². The van der Waals surface area contributed by atoms with E-state index in [0.717, 1.165) is 30.6 Å². The Balaban J connectivity index is 1.87. The summed E-state index contributed by atoms with van der Waals surface area (Å²) < 4.78 is 0. The van der Waals surface area contributed by atoms with E-state index in [1.165, 1.54) is 382 Å². The number of nitrogens with zero attached hydrogens (tertiary/aromatic N) is 2. The number of benzene rings is 2. The highest BCUT2D eigenvalue weighted by Gasteiger charge is 2.12. The van der Waals surface area contributed by atoms with Crippen LogP contribution < -0.4 is 0 Å². The van der Waals surface area contributed by atoms with Crippen molar-refractivity contribution < 1.29 is 0 Å². The van der Waals surface area contributed by atoms with Crippen molar-refractivity contribution in [3.63, 3.8) is 0 Å². The molecule has 0 saturated heterocycles. The Kier molecular flexibility index (Phi) is 54.4. The molecule has 0 atom stereocenters. The third kappa shape index (κ3) is 47.9. The maximum absolute atomic E-state index is 5.55. The molecule has 456 valence electrons. The standard InChI is InChI=1S/C77H138N2/c1-5-9-13-16-19-22-25-28-31-34-35-38-41-44-47-50-53-56-59-69-77(79-75-67-61-65-73(71-75)63-58-55-52-49-46-43-40-37-33-30-27-24-21-18-15-11-7-3)76(68-12-8-4)78-74-66-60-64-72(70-74)62-57-54-51-48-45-42-39-36-32-29-26-23-20-17-14-10-6-2/h60-61,64-67,70-71H,5-59,62-63,68-69H2,1-4H3. The molecule has 0 radical (unpaired) electrons. The summed E-state index contributed by atoms with van der Waals surface area (Å²) in [5, 5.41) is 0. The van der Waals surface area contributed by atoms with Gasteiger partial charge in [-0.15, -0.1) is 0 Å². The summed E-state index contributed by atoms with van der Waals surface area (Å²) in [4.78, 5) is 11.1. The number of unbranched alkanes of at least 4 members (excludes halogenated alkanes) is 51. The van der Waals surface area contributed by atoms with Crippen LogP contribution in [0.2, 0.25) is 0 Å². The van der Waals surface area contributed by atoms with E-state index in [2.05, 4.69) is 76.2 Å². The van der Waals surface area contributed by atoms with Gasteiger partial charge in [0.15, 0.2) is 0 Å². The molecule has 0 heterocycles. The summed E-state index contributed by atoms with van der Waals surface area (Å²) in [6, 6.07) is 18.5. The average molecular weight is 1090 g/mol. The summed E-state index contributed by atoms with van der Waals surface area (Å²) in [6.07, 6.45) is 82.0. The molecule has 0 amide bonds. The molecule has 0 aliphatic carbocycles. The molecule has 2 nitrogen and oxygen atoms in total. The highest BCUT2D eigenvalue weighted by molar-refractivity contribution is 6.43. The minimum absolute atomic E-state index is 1.01. The Bertz CT molecular complexity index is 1600. The van der Waals surface area contributed by atoms with Crippen LogP contribution in [-0.4, -0.2) is 11.4 Å². The van der Waals surface area contributed by atoms with Crippen molar-refractivity contribution in [1.82, 2.24) is 0 Å². The highest BCUT2D eigenvalue weighted by Crippen LogP contribution is 2.25. The third-order valence-corrected chi connectivity index (χ3v) is 17.6. The van der Waals surface area contributed by atoms with Crippen molar-refractivity contribution in [3.05, 3.63) is 59.7 Å². The first-order valence-electron chi connectivity index (χ1n) is 36.5. The fourth-order valence-corrected chi connectivity index (χ4v) is 12.2. The number of aliphatic imine (C=N–C) groups is 2. The van der Waals surface area contributed by atoms with Crippen LogP contribution in [0.25, 0.3) is 0 Å². The lowest BCUT2D eigenvalue weighted by molar-refractivity contribution is 0.524. The number of hydrogen-bond donors (Lipinski definition) is 0. The second-order valence-corrected chi connectivity index (χ2v) is 25.5. The van der Waals surface area contributed by atoms with Gasteiger partial charge in [0.05, 0.1) is 22.8 Å². The predicted octanol–water partition coefficient (Wildman–Crippen LogP) is 27.9. The zero-order chi connectivity index (χ0) is 56.3. The third-order valence-electron chi connectivity index (χ3n) is 17.6. The van der Waals surface area contributed by atoms with E-state index in [4.69, 9.17) is 9.98 Å². The van der Waals surface area contributed by atoms with Crippen molar-refractivity contribution in [3.8, 4) is 0 Å². The molecule has 2 heteroatoms. The molecule has 0 N–H and O–H groups in total. The number of aryl methyl sites for hydroxylation is 2. The first-order chi connectivity index (χ1) is 39.2. The van der Waals surface area contributed by atoms with E-state index in [-0.39, 0.29) is 0 Å². The molecule has 0 unspecified atom stereocenters. The molecule has 2 rings (SSSR count). The van der Waals surface area contributed by atoms with Gasteiger partial charge in [-0.2, -0.15) is 0 Å². The minimum Gasteiger partial charge on any atom is -0.252 e. The summed E-state index contributed by atoms with van der Waals surface area (Å²) in [6.45, 7) is 9.27. The molecule has 2 aromatic rings. The first-order valence-corrected chi connectivity index (χ1v) is 36.5. The van der Waals surface area contributed by atoms with Gasteiger partial charge < -0.3 is 0 Å². The number of hydrogen-bond acceptors (Lipinski definition) is 2. The summed E-state index contributed by atoms with van der Waals surface area (Å²) in [7, 11) is 0. The normalized spacial score (nSPS) is 12.2. The zero-order valence-electron chi connectivity index (χ0n) is 54.2. The quantitative estimate of drug-likeness (QED) is 0.0466. The van der Waals surface area contributed by atoms with Crippen LogP contribution >= 0.6 is 0 Å². The average Bonchev–Trinajstić information content (AvgIpc) is 3.46. The maximum Gasteiger partial charge on any atom is 0.0636 e. The minimum atomic E-state index is 1.01. The van der Waals surface area contributed by atoms with Crippen LogP contribution in [-0.2, 0) is 12.8 Å². The van der Waals surface area contributed by atoms with Gasteiger partial charge >= 0.3 is 0 Å². The molecule has 0 fully saturated rings. The van der Waals surface area contributed by atoms with Gasteiger partial charge in [0.2, 0.25) is 0 Å². The Morgan fingerprint density at radius 3 is 0.671 bits per heavy atom. The molecule has 0 aromatic heterocycles. The maximum atomic E-state index is 5.55. The van der Waals surface area contributed by atoms with Gasteiger partial charge in [0.25, 0.3) is 0 Å². The molecule has 0 saturated carbocycles. The lowest BCUT2D eigenvalue weighted by Gasteiger charge is -2.12. The molecular formula is C77H138N2. The summed E-state index contributed by atoms with van der Waals surface area (Å²) >= 11 is 0. The van der Waals surface area contributed by atoms with E-state index in [1.54, 1.807) is 0 Å². The smallest absolute Gasteiger partial charge is 0.0636 e. The summed E-state index contributed by atoms with van der Waals surface area (Å²) in [5.74, 6) is 0. The predicted molar refractivity (Wildman–Crippen MR) is 360 cm³/mol. The van der Waals surface area contributed by atoms with Gasteiger partial charge in [0.1, 0.15) is 0 Å². The SMILES string of the molecule is CCCCCCCCCCCCCCCCCCCCCC(=Nc1cccc(CCCCCCCCCCCCCCCCCCC)c1)C(CCCC)=Nc1cccc(CCCCCCCCCCCCCCCCCCC)c1. The summed E-state index contributed by atoms with van der Waals surface area (Å²) in [5.41, 5.74) is 7.64. The lowest BCUT2D eigenvalue weighted by atomic mass is 10.00. The highest BCUT2D eigenvalue weighted by atomic mass is 14.8. The largest absolute Gasteiger partial charge is 0.252 e. The van der Waals surface area contributed by atoms with E-state index in [0.29, 0.717) is 0 Å². The van der Waals surface area contributed by atoms with Crippen molar-refractivity contribution in [1.29, 1.82) is 0 Å². The van der Waals surface area contributed by atoms with Gasteiger partial charge in [0, 0.05) is 0 Å². The topological polar surface area (TPSA) is 24.7 Å². The first kappa shape index (κ1) is 72.9. The van der Waals surface area contributed by atoms with Gasteiger partial charge in [-0.1, -0.05) is 379 Å². The molecule has 0 spiro atoms. The van der Waals surface area contributed by atoms with Gasteiger partial charge in [-0.25, -0.2) is 0 Å². The molecule has 0 bridgehead atoms. The Morgan fingerprint density at radius 1 is 0.228 bits per heavy atom. The second kappa shape index (κ2) is 59.0. The van der Waals surface area contributed by atoms with Gasteiger partial charge in [-0.3, -0.25) is 9.98 Å². The molecule has 0 aliphatic rings. The molecule has 2 aromatic carbocycles. The Labute approximate surface area is 496 Å². The lowest BCUT2D eigenvalue weighted by Crippen LogP contribution is -2.14. The van der Waals surface area contributed by atoms with Crippen LogP contribution in [0, 0.1) is 0 Å². The van der Waals surface area contributed by atoms with E-state index in [1.807, 2.05) is 0 Å². The van der Waals surface area contributed by atoms with Crippen LogP contribution in [0.4, 0.5) is 11.4 Å². The van der Waals surface area contributed by atoms with Gasteiger partial charge in [-0.05, 0) is 86.8 Å². The van der Waals surface area contributed by atoms with Crippen molar-refractivity contribution in [2.75, 3.05) is 0 Å². The molecular weight excluding hydrogens is 953 g/mol.